The van der Waals surface area contributed by atoms with Crippen LogP contribution in [-0.4, -0.2) is 45.4 Å². The first-order valence-corrected chi connectivity index (χ1v) is 13.0. The summed E-state index contributed by atoms with van der Waals surface area (Å²) in [7, 11) is -2.49. The van der Waals surface area contributed by atoms with Crippen molar-refractivity contribution < 1.29 is 32.5 Å². The summed E-state index contributed by atoms with van der Waals surface area (Å²) in [5.41, 5.74) is 2.22. The second-order valence-corrected chi connectivity index (χ2v) is 10.6. The van der Waals surface area contributed by atoms with Crippen molar-refractivity contribution in [3.05, 3.63) is 89.5 Å². The van der Waals surface area contributed by atoms with Crippen molar-refractivity contribution in [2.24, 2.45) is 0 Å². The second-order valence-electron chi connectivity index (χ2n) is 8.40. The minimum atomic E-state index is -3.95. The van der Waals surface area contributed by atoms with Gasteiger partial charge in [0, 0.05) is 12.0 Å². The molecule has 0 aliphatic carbocycles. The molecule has 4 rings (SSSR count). The van der Waals surface area contributed by atoms with Gasteiger partial charge in [-0.25, -0.2) is 8.42 Å². The number of aliphatic hydroxyl groups excluding tert-OH is 1. The molecule has 0 aromatic heterocycles. The molecule has 3 aromatic carbocycles. The van der Waals surface area contributed by atoms with Gasteiger partial charge in [-0.05, 0) is 30.7 Å². The number of benzene rings is 3. The lowest BCUT2D eigenvalue weighted by Crippen LogP contribution is -2.33. The van der Waals surface area contributed by atoms with Crippen LogP contribution in [0.1, 0.15) is 29.2 Å². The zero-order valence-corrected chi connectivity index (χ0v) is 20.6. The molecule has 8 heteroatoms. The number of rotatable bonds is 10. The quantitative estimate of drug-likeness (QED) is 0.447. The molecule has 35 heavy (non-hydrogen) atoms. The number of ether oxygens (including phenoxy) is 4. The fraction of sp³-hybridized carbons (Fsp3) is 0.333. The summed E-state index contributed by atoms with van der Waals surface area (Å²) in [5.74, 6) is 0.695. The van der Waals surface area contributed by atoms with Crippen molar-refractivity contribution in [2.45, 2.75) is 42.5 Å². The SMILES string of the molecule is COc1c(OCc2ccccc2)cccc1C(O)C(CC1OCCO1)S(=O)(=O)c1ccc(C)cc1. The van der Waals surface area contributed by atoms with E-state index in [4.69, 9.17) is 18.9 Å². The van der Waals surface area contributed by atoms with E-state index in [1.807, 2.05) is 37.3 Å². The van der Waals surface area contributed by atoms with E-state index < -0.39 is 27.5 Å². The molecule has 0 spiro atoms. The Morgan fingerprint density at radius 1 is 0.971 bits per heavy atom. The summed E-state index contributed by atoms with van der Waals surface area (Å²) >= 11 is 0. The average Bonchev–Trinajstić information content (AvgIpc) is 3.39. The first-order valence-electron chi connectivity index (χ1n) is 11.5. The molecule has 1 aliphatic heterocycles. The Labute approximate surface area is 206 Å². The fourth-order valence-corrected chi connectivity index (χ4v) is 5.86. The maximum atomic E-state index is 13.7. The van der Waals surface area contributed by atoms with Crippen molar-refractivity contribution in [1.29, 1.82) is 0 Å². The molecular weight excluding hydrogens is 468 g/mol. The van der Waals surface area contributed by atoms with E-state index in [1.165, 1.54) is 7.11 Å². The number of para-hydroxylation sites is 1. The van der Waals surface area contributed by atoms with E-state index in [1.54, 1.807) is 42.5 Å². The van der Waals surface area contributed by atoms with E-state index in [0.29, 0.717) is 31.1 Å². The van der Waals surface area contributed by atoms with Crippen LogP contribution < -0.4 is 9.47 Å². The first kappa shape index (κ1) is 25.2. The Morgan fingerprint density at radius 3 is 2.31 bits per heavy atom. The highest BCUT2D eigenvalue weighted by molar-refractivity contribution is 7.92. The number of methoxy groups -OCH3 is 1. The van der Waals surface area contributed by atoms with E-state index in [9.17, 15) is 13.5 Å². The van der Waals surface area contributed by atoms with Gasteiger partial charge in [0.05, 0.1) is 25.2 Å². The van der Waals surface area contributed by atoms with Crippen molar-refractivity contribution in [3.8, 4) is 11.5 Å². The molecule has 0 saturated carbocycles. The van der Waals surface area contributed by atoms with E-state index >= 15 is 0 Å². The molecule has 0 radical (unpaired) electrons. The fourth-order valence-electron chi connectivity index (χ4n) is 4.09. The zero-order chi connectivity index (χ0) is 24.8. The molecular formula is C27H30O7S. The van der Waals surface area contributed by atoms with Gasteiger partial charge in [-0.3, -0.25) is 0 Å². The van der Waals surface area contributed by atoms with E-state index in [2.05, 4.69) is 0 Å². The largest absolute Gasteiger partial charge is 0.492 e. The third-order valence-electron chi connectivity index (χ3n) is 5.99. The number of hydrogen-bond donors (Lipinski definition) is 1. The predicted octanol–water partition coefficient (Wildman–Crippen LogP) is 4.22. The van der Waals surface area contributed by atoms with Crippen LogP contribution in [0.25, 0.3) is 0 Å². The van der Waals surface area contributed by atoms with Crippen LogP contribution in [-0.2, 0) is 25.9 Å². The maximum Gasteiger partial charge on any atom is 0.184 e. The van der Waals surface area contributed by atoms with Crippen molar-refractivity contribution in [3.63, 3.8) is 0 Å². The number of aryl methyl sites for hydroxylation is 1. The van der Waals surface area contributed by atoms with Gasteiger partial charge in [0.2, 0.25) is 0 Å². The molecule has 1 saturated heterocycles. The molecule has 186 valence electrons. The second kappa shape index (κ2) is 11.2. The summed E-state index contributed by atoms with van der Waals surface area (Å²) in [6.07, 6.45) is -2.17. The zero-order valence-electron chi connectivity index (χ0n) is 19.8. The lowest BCUT2D eigenvalue weighted by atomic mass is 10.0. The average molecular weight is 499 g/mol. The minimum Gasteiger partial charge on any atom is -0.492 e. The Bertz CT molecular complexity index is 1200. The molecule has 2 unspecified atom stereocenters. The summed E-state index contributed by atoms with van der Waals surface area (Å²) in [6, 6.07) is 21.3. The van der Waals surface area contributed by atoms with Crippen LogP contribution in [0.3, 0.4) is 0 Å². The van der Waals surface area contributed by atoms with Gasteiger partial charge in [0.25, 0.3) is 0 Å². The third-order valence-corrected chi connectivity index (χ3v) is 8.16. The Hall–Kier alpha value is -2.91. The monoisotopic (exact) mass is 498 g/mol. The number of aliphatic hydroxyl groups is 1. The Kier molecular flexibility index (Phi) is 8.07. The smallest absolute Gasteiger partial charge is 0.184 e. The minimum absolute atomic E-state index is 0.0321. The molecule has 1 heterocycles. The lowest BCUT2D eigenvalue weighted by molar-refractivity contribution is -0.0532. The van der Waals surface area contributed by atoms with Gasteiger partial charge in [-0.1, -0.05) is 60.2 Å². The van der Waals surface area contributed by atoms with Crippen molar-refractivity contribution in [2.75, 3.05) is 20.3 Å². The normalized spacial score (nSPS) is 16.1. The van der Waals surface area contributed by atoms with Crippen LogP contribution >= 0.6 is 0 Å². The first-order chi connectivity index (χ1) is 16.9. The lowest BCUT2D eigenvalue weighted by Gasteiger charge is -2.27. The predicted molar refractivity (Wildman–Crippen MR) is 131 cm³/mol. The van der Waals surface area contributed by atoms with Gasteiger partial charge in [-0.2, -0.15) is 0 Å². The third kappa shape index (κ3) is 5.85. The molecule has 1 fully saturated rings. The van der Waals surface area contributed by atoms with Gasteiger partial charge in [-0.15, -0.1) is 0 Å². The molecule has 1 aliphatic rings. The van der Waals surface area contributed by atoms with Crippen LogP contribution in [0.5, 0.6) is 11.5 Å². The Balaban J connectivity index is 1.67. The maximum absolute atomic E-state index is 13.7. The summed E-state index contributed by atoms with van der Waals surface area (Å²) in [5, 5.41) is 10.3. The van der Waals surface area contributed by atoms with E-state index in [0.717, 1.165) is 11.1 Å². The van der Waals surface area contributed by atoms with Crippen LogP contribution in [0.15, 0.2) is 77.7 Å². The highest BCUT2D eigenvalue weighted by Crippen LogP contribution is 2.40. The number of hydrogen-bond acceptors (Lipinski definition) is 7. The standard InChI is InChI=1S/C27H30O7S/c1-19-11-13-21(14-12-19)35(29,30)24(17-25-32-15-16-33-25)26(28)22-9-6-10-23(27(22)31-2)34-18-20-7-4-3-5-8-20/h3-14,24-26,28H,15-18H2,1-2H3. The van der Waals surface area contributed by atoms with Crippen molar-refractivity contribution >= 4 is 9.84 Å². The van der Waals surface area contributed by atoms with E-state index in [-0.39, 0.29) is 17.1 Å². The molecule has 7 nitrogen and oxygen atoms in total. The summed E-state index contributed by atoms with van der Waals surface area (Å²) < 4.78 is 50.0. The highest BCUT2D eigenvalue weighted by Gasteiger charge is 2.39. The van der Waals surface area contributed by atoms with Crippen LogP contribution in [0, 0.1) is 6.92 Å². The topological polar surface area (TPSA) is 91.3 Å². The molecule has 2 atom stereocenters. The van der Waals surface area contributed by atoms with Crippen LogP contribution in [0.2, 0.25) is 0 Å². The van der Waals surface area contributed by atoms with Gasteiger partial charge < -0.3 is 24.1 Å². The molecule has 0 bridgehead atoms. The molecule has 0 amide bonds. The van der Waals surface area contributed by atoms with Crippen LogP contribution in [0.4, 0.5) is 0 Å². The summed E-state index contributed by atoms with van der Waals surface area (Å²) in [4.78, 5) is 0.126. The van der Waals surface area contributed by atoms with Gasteiger partial charge in [0.1, 0.15) is 18.0 Å². The van der Waals surface area contributed by atoms with Gasteiger partial charge >= 0.3 is 0 Å². The number of sulfone groups is 1. The molecule has 1 N–H and O–H groups in total. The molecule has 3 aromatic rings. The summed E-state index contributed by atoms with van der Waals surface area (Å²) in [6.45, 7) is 2.94. The highest BCUT2D eigenvalue weighted by atomic mass is 32.2. The van der Waals surface area contributed by atoms with Crippen molar-refractivity contribution in [1.82, 2.24) is 0 Å². The van der Waals surface area contributed by atoms with Gasteiger partial charge in [0.15, 0.2) is 27.6 Å². The Morgan fingerprint density at radius 2 is 1.66 bits per heavy atom.